The first-order valence-corrected chi connectivity index (χ1v) is 10.2. The Labute approximate surface area is 163 Å². The Balaban J connectivity index is 1.85. The summed E-state index contributed by atoms with van der Waals surface area (Å²) in [4.78, 5) is 25.2. The fourth-order valence-electron chi connectivity index (χ4n) is 3.89. The van der Waals surface area contributed by atoms with E-state index in [4.69, 9.17) is 0 Å². The maximum Gasteiger partial charge on any atom is 0.434 e. The molecule has 0 aromatic carbocycles. The number of fused-ring (bicyclic) bond motifs is 1. The quantitative estimate of drug-likeness (QED) is 0.616. The summed E-state index contributed by atoms with van der Waals surface area (Å²) in [7, 11) is 0. The highest BCUT2D eigenvalue weighted by molar-refractivity contribution is 7.07. The zero-order chi connectivity index (χ0) is 19.7. The van der Waals surface area contributed by atoms with E-state index in [9.17, 15) is 18.0 Å². The van der Waals surface area contributed by atoms with E-state index in [0.717, 1.165) is 38.3 Å². The molecular weight excluding hydrogens is 389 g/mol. The summed E-state index contributed by atoms with van der Waals surface area (Å²) in [5.41, 5.74) is 0.218. The van der Waals surface area contributed by atoms with Gasteiger partial charge in [0.05, 0.1) is 16.4 Å². The van der Waals surface area contributed by atoms with Crippen LogP contribution in [0, 0.1) is 5.92 Å². The fourth-order valence-corrected chi connectivity index (χ4v) is 4.42. The molecule has 0 atom stereocenters. The fraction of sp³-hybridized carbons (Fsp3) is 0.474. The van der Waals surface area contributed by atoms with Gasteiger partial charge < -0.3 is 0 Å². The summed E-state index contributed by atoms with van der Waals surface area (Å²) in [6.07, 6.45) is 2.80. The van der Waals surface area contributed by atoms with Crippen molar-refractivity contribution in [3.05, 3.63) is 39.2 Å². The van der Waals surface area contributed by atoms with Gasteiger partial charge in [-0.05, 0) is 18.4 Å². The van der Waals surface area contributed by atoms with Gasteiger partial charge in [0.1, 0.15) is 5.69 Å². The zero-order valence-electron chi connectivity index (χ0n) is 15.1. The van der Waals surface area contributed by atoms with Crippen molar-refractivity contribution < 1.29 is 13.2 Å². The van der Waals surface area contributed by atoms with Gasteiger partial charge in [-0.25, -0.2) is 9.97 Å². The van der Waals surface area contributed by atoms with Gasteiger partial charge in [-0.2, -0.15) is 13.2 Å². The summed E-state index contributed by atoms with van der Waals surface area (Å²) in [6, 6.07) is 1.34. The Hall–Kier alpha value is -2.29. The highest BCUT2D eigenvalue weighted by Gasteiger charge is 2.36. The van der Waals surface area contributed by atoms with Crippen molar-refractivity contribution in [1.29, 1.82) is 0 Å². The average Bonchev–Trinajstić information content (AvgIpc) is 3.21. The van der Waals surface area contributed by atoms with Gasteiger partial charge in [0.15, 0.2) is 11.5 Å². The van der Waals surface area contributed by atoms with Crippen molar-refractivity contribution in [2.75, 3.05) is 0 Å². The second-order valence-corrected chi connectivity index (χ2v) is 7.83. The van der Waals surface area contributed by atoms with E-state index in [-0.39, 0.29) is 5.52 Å². The lowest BCUT2D eigenvalue weighted by atomic mass is 9.87. The molecular formula is C19H19F3N4OS. The van der Waals surface area contributed by atoms with Crippen LogP contribution in [0.1, 0.15) is 44.2 Å². The Morgan fingerprint density at radius 2 is 1.96 bits per heavy atom. The molecule has 1 aliphatic rings. The van der Waals surface area contributed by atoms with Gasteiger partial charge in [0.2, 0.25) is 0 Å². The monoisotopic (exact) mass is 408 g/mol. The molecule has 0 radical (unpaired) electrons. The predicted octanol–water partition coefficient (Wildman–Crippen LogP) is 4.90. The minimum atomic E-state index is -4.72. The van der Waals surface area contributed by atoms with Gasteiger partial charge >= 0.3 is 6.18 Å². The molecule has 0 spiro atoms. The van der Waals surface area contributed by atoms with Crippen molar-refractivity contribution >= 4 is 22.2 Å². The largest absolute Gasteiger partial charge is 0.434 e. The SMILES string of the molecule is O=c1c2c(C(F)(F)F)nccc2nc(-c2cscn2)n1CCC1CCCCC1. The van der Waals surface area contributed by atoms with Gasteiger partial charge in [-0.1, -0.05) is 32.1 Å². The van der Waals surface area contributed by atoms with E-state index in [1.165, 1.54) is 28.4 Å². The van der Waals surface area contributed by atoms with E-state index in [1.54, 1.807) is 10.9 Å². The number of thiazole rings is 1. The predicted molar refractivity (Wildman–Crippen MR) is 101 cm³/mol. The minimum absolute atomic E-state index is 0.00996. The third-order valence-corrected chi connectivity index (χ3v) is 5.87. The van der Waals surface area contributed by atoms with E-state index < -0.39 is 22.8 Å². The normalized spacial score (nSPS) is 16.0. The molecule has 0 aliphatic heterocycles. The molecule has 1 saturated carbocycles. The molecule has 3 aromatic rings. The van der Waals surface area contributed by atoms with Crippen LogP contribution in [0.25, 0.3) is 22.4 Å². The van der Waals surface area contributed by atoms with Gasteiger partial charge in [-0.3, -0.25) is 14.3 Å². The summed E-state index contributed by atoms with van der Waals surface area (Å²) in [5.74, 6) is 0.796. The molecule has 0 bridgehead atoms. The number of halogens is 3. The van der Waals surface area contributed by atoms with Crippen molar-refractivity contribution in [2.45, 2.75) is 51.2 Å². The zero-order valence-corrected chi connectivity index (χ0v) is 15.9. The van der Waals surface area contributed by atoms with Crippen LogP contribution in [0.2, 0.25) is 0 Å². The molecule has 1 fully saturated rings. The van der Waals surface area contributed by atoms with Crippen LogP contribution in [0.5, 0.6) is 0 Å². The third kappa shape index (κ3) is 3.67. The van der Waals surface area contributed by atoms with Crippen LogP contribution in [-0.2, 0) is 12.7 Å². The highest BCUT2D eigenvalue weighted by Crippen LogP contribution is 2.32. The molecule has 3 heterocycles. The topological polar surface area (TPSA) is 60.7 Å². The van der Waals surface area contributed by atoms with Gasteiger partial charge in [0.25, 0.3) is 5.56 Å². The Kier molecular flexibility index (Phi) is 5.18. The smallest absolute Gasteiger partial charge is 0.291 e. The Bertz CT molecular complexity index is 1020. The van der Waals surface area contributed by atoms with Crippen LogP contribution in [-0.4, -0.2) is 19.5 Å². The Morgan fingerprint density at radius 3 is 2.64 bits per heavy atom. The lowest BCUT2D eigenvalue weighted by Crippen LogP contribution is -2.27. The van der Waals surface area contributed by atoms with Crippen molar-refractivity contribution in [3.8, 4) is 11.5 Å². The second-order valence-electron chi connectivity index (χ2n) is 7.11. The van der Waals surface area contributed by atoms with Crippen molar-refractivity contribution in [3.63, 3.8) is 0 Å². The number of alkyl halides is 3. The molecule has 0 unspecified atom stereocenters. The molecule has 5 nitrogen and oxygen atoms in total. The second kappa shape index (κ2) is 7.62. The molecule has 28 heavy (non-hydrogen) atoms. The summed E-state index contributed by atoms with van der Waals surface area (Å²) in [6.45, 7) is 0.325. The first kappa shape index (κ1) is 19.0. The minimum Gasteiger partial charge on any atom is -0.291 e. The number of hydrogen-bond acceptors (Lipinski definition) is 5. The highest BCUT2D eigenvalue weighted by atomic mass is 32.1. The first-order valence-electron chi connectivity index (χ1n) is 9.30. The lowest BCUT2D eigenvalue weighted by molar-refractivity contribution is -0.139. The maximum atomic E-state index is 13.4. The van der Waals surface area contributed by atoms with Crippen molar-refractivity contribution in [2.24, 2.45) is 5.92 Å². The summed E-state index contributed by atoms with van der Waals surface area (Å²) in [5, 5.41) is 1.27. The van der Waals surface area contributed by atoms with E-state index in [1.807, 2.05) is 0 Å². The van der Waals surface area contributed by atoms with Crippen molar-refractivity contribution in [1.82, 2.24) is 19.5 Å². The average molecular weight is 408 g/mol. The molecule has 0 amide bonds. The summed E-state index contributed by atoms with van der Waals surface area (Å²) < 4.78 is 41.6. The molecule has 0 saturated heterocycles. The molecule has 1 aliphatic carbocycles. The molecule has 0 N–H and O–H groups in total. The first-order chi connectivity index (χ1) is 13.4. The van der Waals surface area contributed by atoms with Crippen LogP contribution < -0.4 is 5.56 Å². The number of aromatic nitrogens is 4. The maximum absolute atomic E-state index is 13.4. The number of nitrogens with zero attached hydrogens (tertiary/aromatic N) is 4. The number of rotatable bonds is 4. The number of pyridine rings is 1. The molecule has 9 heteroatoms. The molecule has 3 aromatic heterocycles. The lowest BCUT2D eigenvalue weighted by Gasteiger charge is -2.22. The van der Waals surface area contributed by atoms with Crippen LogP contribution in [0.3, 0.4) is 0 Å². The number of hydrogen-bond donors (Lipinski definition) is 0. The third-order valence-electron chi connectivity index (χ3n) is 5.29. The van der Waals surface area contributed by atoms with E-state index in [2.05, 4.69) is 15.0 Å². The van der Waals surface area contributed by atoms with E-state index in [0.29, 0.717) is 24.0 Å². The standard InChI is InChI=1S/C19H19F3N4OS/c20-19(21,22)16-15-13(6-8-23-16)25-17(14-10-28-11-24-14)26(18(15)27)9-7-12-4-2-1-3-5-12/h6,8,10-12H,1-5,7,9H2. The summed E-state index contributed by atoms with van der Waals surface area (Å²) >= 11 is 1.35. The van der Waals surface area contributed by atoms with Crippen LogP contribution in [0.15, 0.2) is 27.9 Å². The van der Waals surface area contributed by atoms with Crippen LogP contribution >= 0.6 is 11.3 Å². The van der Waals surface area contributed by atoms with Crippen LogP contribution in [0.4, 0.5) is 13.2 Å². The van der Waals surface area contributed by atoms with Gasteiger partial charge in [0, 0.05) is 18.1 Å². The molecule has 148 valence electrons. The Morgan fingerprint density at radius 1 is 1.18 bits per heavy atom. The van der Waals surface area contributed by atoms with E-state index >= 15 is 0 Å². The molecule has 4 rings (SSSR count). The van der Waals surface area contributed by atoms with Gasteiger partial charge in [-0.15, -0.1) is 11.3 Å².